The Morgan fingerprint density at radius 2 is 1.20 bits per heavy atom. The maximum atomic E-state index is 13.0. The van der Waals surface area contributed by atoms with E-state index in [1.165, 1.54) is 12.1 Å². The van der Waals surface area contributed by atoms with Crippen LogP contribution in [0.15, 0.2) is 91.3 Å². The van der Waals surface area contributed by atoms with Crippen LogP contribution in [0.3, 0.4) is 0 Å². The molecule has 0 aliphatic heterocycles. The number of imidazole rings is 1. The van der Waals surface area contributed by atoms with E-state index in [0.717, 1.165) is 30.0 Å². The summed E-state index contributed by atoms with van der Waals surface area (Å²) in [4.78, 5) is 12.3. The van der Waals surface area contributed by atoms with E-state index in [1.54, 1.807) is 61.5 Å². The van der Waals surface area contributed by atoms with Gasteiger partial charge in [0.2, 0.25) is 0 Å². The first-order valence-electron chi connectivity index (χ1n) is 14.7. The van der Waals surface area contributed by atoms with Crippen LogP contribution in [-0.2, 0) is 12.4 Å². The summed E-state index contributed by atoms with van der Waals surface area (Å²) in [7, 11) is 3.12. The van der Waals surface area contributed by atoms with Gasteiger partial charge in [0.1, 0.15) is 23.3 Å². The van der Waals surface area contributed by atoms with Gasteiger partial charge in [-0.05, 0) is 72.8 Å². The number of nitrogens with one attached hydrogen (secondary N) is 1. The van der Waals surface area contributed by atoms with Crippen molar-refractivity contribution in [1.29, 1.82) is 0 Å². The molecule has 8 nitrogen and oxygen atoms in total. The van der Waals surface area contributed by atoms with Crippen LogP contribution in [0.1, 0.15) is 11.1 Å². The number of aromatic nitrogens is 4. The fourth-order valence-electron chi connectivity index (χ4n) is 5.23. The third-order valence-electron chi connectivity index (χ3n) is 7.78. The predicted octanol–water partition coefficient (Wildman–Crippen LogP) is 10.5. The molecule has 7 rings (SSSR count). The summed E-state index contributed by atoms with van der Waals surface area (Å²) >= 11 is 12.2. The van der Waals surface area contributed by atoms with Crippen LogP contribution in [-0.4, -0.2) is 33.7 Å². The van der Waals surface area contributed by atoms with Gasteiger partial charge in [-0.3, -0.25) is 4.57 Å². The standard InChI is InChI=1S/C18H11ClF3N3O.C17H13ClF3N3O/c1-26-12-5-3-11(4-6-12)25-9-23-15-16(25)13-7-2-10(18(20,21)22)8-14(13)24-17(15)19;1-25-11-5-3-10(4-6-11)23-15-12-7-2-9(17(19,20)21)8-13(12)24-16(18)14(15)22/h2-9H,1H3;2-8H,22H2,1H3,(H,23,24). The molecule has 0 atom stereocenters. The van der Waals surface area contributed by atoms with Gasteiger partial charge in [-0.2, -0.15) is 26.3 Å². The summed E-state index contributed by atoms with van der Waals surface area (Å²) in [6.07, 6.45) is -7.35. The second-order valence-electron chi connectivity index (χ2n) is 10.9. The summed E-state index contributed by atoms with van der Waals surface area (Å²) in [5.41, 5.74) is 7.69. The summed E-state index contributed by atoms with van der Waals surface area (Å²) < 4.78 is 89.7. The zero-order valence-corrected chi connectivity index (χ0v) is 27.9. The molecule has 3 heterocycles. The lowest BCUT2D eigenvalue weighted by molar-refractivity contribution is -0.138. The molecule has 0 unspecified atom stereocenters. The molecule has 4 aromatic carbocycles. The van der Waals surface area contributed by atoms with Crippen molar-refractivity contribution in [3.05, 3.63) is 113 Å². The molecular formula is C35H24Cl2F6N6O2. The second-order valence-corrected chi connectivity index (χ2v) is 11.6. The van der Waals surface area contributed by atoms with Crippen molar-refractivity contribution in [2.24, 2.45) is 0 Å². The number of hydrogen-bond donors (Lipinski definition) is 2. The SMILES string of the molecule is COc1ccc(-n2cnc3c(Cl)nc4cc(C(F)(F)F)ccc4c32)cc1.COc1ccc(Nc2c(N)c(Cl)nc3cc(C(F)(F)F)ccc23)cc1. The van der Waals surface area contributed by atoms with Crippen LogP contribution < -0.4 is 20.5 Å². The average molecular weight is 746 g/mol. The minimum Gasteiger partial charge on any atom is -0.497 e. The number of nitrogens with two attached hydrogens (primary N) is 1. The third kappa shape index (κ3) is 7.23. The topological polar surface area (TPSA) is 100 Å². The van der Waals surface area contributed by atoms with Gasteiger partial charge >= 0.3 is 12.4 Å². The number of methoxy groups -OCH3 is 2. The monoisotopic (exact) mass is 744 g/mol. The molecule has 0 saturated carbocycles. The quantitative estimate of drug-likeness (QED) is 0.134. The summed E-state index contributed by atoms with van der Waals surface area (Å²) in [5.74, 6) is 1.36. The van der Waals surface area contributed by atoms with Crippen LogP contribution in [0.5, 0.6) is 11.5 Å². The first-order chi connectivity index (χ1) is 24.2. The van der Waals surface area contributed by atoms with E-state index in [0.29, 0.717) is 44.7 Å². The minimum atomic E-state index is -4.46. The largest absolute Gasteiger partial charge is 0.497 e. The van der Waals surface area contributed by atoms with Gasteiger partial charge < -0.3 is 20.5 Å². The number of hydrogen-bond acceptors (Lipinski definition) is 7. The maximum Gasteiger partial charge on any atom is 0.416 e. The minimum absolute atomic E-state index is 0.0547. The number of nitrogens with zero attached hydrogens (tertiary/aromatic N) is 4. The molecule has 51 heavy (non-hydrogen) atoms. The van der Waals surface area contributed by atoms with Gasteiger partial charge in [-0.15, -0.1) is 0 Å². The summed E-state index contributed by atoms with van der Waals surface area (Å²) in [6.45, 7) is 0. The van der Waals surface area contributed by atoms with Gasteiger partial charge in [0, 0.05) is 22.1 Å². The summed E-state index contributed by atoms with van der Waals surface area (Å²) in [6, 6.07) is 20.9. The number of benzene rings is 4. The molecule has 7 aromatic rings. The number of fused-ring (bicyclic) bond motifs is 4. The van der Waals surface area contributed by atoms with Crippen molar-refractivity contribution in [1.82, 2.24) is 19.5 Å². The van der Waals surface area contributed by atoms with Crippen molar-refractivity contribution in [3.63, 3.8) is 0 Å². The van der Waals surface area contributed by atoms with E-state index >= 15 is 0 Å². The molecule has 0 fully saturated rings. The highest BCUT2D eigenvalue weighted by Gasteiger charge is 2.32. The summed E-state index contributed by atoms with van der Waals surface area (Å²) in [5, 5.41) is 4.04. The first-order valence-corrected chi connectivity index (χ1v) is 15.5. The number of halogens is 8. The number of alkyl halides is 6. The maximum absolute atomic E-state index is 13.0. The van der Waals surface area contributed by atoms with Crippen LogP contribution in [0.4, 0.5) is 43.4 Å². The van der Waals surface area contributed by atoms with Crippen molar-refractivity contribution >= 4 is 73.1 Å². The molecule has 0 bridgehead atoms. The van der Waals surface area contributed by atoms with E-state index in [1.807, 2.05) is 12.1 Å². The van der Waals surface area contributed by atoms with Crippen LogP contribution in [0.25, 0.3) is 38.5 Å². The Balaban J connectivity index is 0.000000176. The predicted molar refractivity (Wildman–Crippen MR) is 185 cm³/mol. The third-order valence-corrected chi connectivity index (χ3v) is 8.33. The van der Waals surface area contributed by atoms with Gasteiger partial charge in [-0.1, -0.05) is 35.3 Å². The van der Waals surface area contributed by atoms with Crippen LogP contribution in [0, 0.1) is 0 Å². The Morgan fingerprint density at radius 3 is 1.75 bits per heavy atom. The van der Waals surface area contributed by atoms with Crippen molar-refractivity contribution < 1.29 is 35.8 Å². The molecule has 0 amide bonds. The fourth-order valence-corrected chi connectivity index (χ4v) is 5.65. The highest BCUT2D eigenvalue weighted by atomic mass is 35.5. The van der Waals surface area contributed by atoms with Crippen molar-refractivity contribution in [2.45, 2.75) is 12.4 Å². The lowest BCUT2D eigenvalue weighted by Gasteiger charge is -2.15. The van der Waals surface area contributed by atoms with E-state index < -0.39 is 23.5 Å². The molecule has 16 heteroatoms. The molecule has 3 aromatic heterocycles. The lowest BCUT2D eigenvalue weighted by Crippen LogP contribution is -2.06. The number of ether oxygens (including phenoxy) is 2. The Kier molecular flexibility index (Phi) is 9.49. The number of anilines is 3. The second kappa shape index (κ2) is 13.7. The average Bonchev–Trinajstić information content (AvgIpc) is 3.56. The van der Waals surface area contributed by atoms with E-state index in [4.69, 9.17) is 38.4 Å². The van der Waals surface area contributed by atoms with E-state index in [-0.39, 0.29) is 27.0 Å². The van der Waals surface area contributed by atoms with Crippen molar-refractivity contribution in [3.8, 4) is 17.2 Å². The molecule has 0 radical (unpaired) electrons. The molecule has 0 aliphatic carbocycles. The van der Waals surface area contributed by atoms with Crippen LogP contribution in [0.2, 0.25) is 10.3 Å². The van der Waals surface area contributed by atoms with Crippen LogP contribution >= 0.6 is 23.2 Å². The molecule has 3 N–H and O–H groups in total. The fraction of sp³-hybridized carbons (Fsp3) is 0.114. The zero-order chi connectivity index (χ0) is 36.7. The molecule has 0 aliphatic rings. The number of rotatable bonds is 5. The normalized spacial score (nSPS) is 11.8. The number of pyridine rings is 2. The van der Waals surface area contributed by atoms with Gasteiger partial charge in [0.25, 0.3) is 0 Å². The van der Waals surface area contributed by atoms with Gasteiger partial charge in [0.05, 0.1) is 53.3 Å². The van der Waals surface area contributed by atoms with Crippen molar-refractivity contribution in [2.75, 3.05) is 25.3 Å². The van der Waals surface area contributed by atoms with Gasteiger partial charge in [-0.25, -0.2) is 15.0 Å². The highest BCUT2D eigenvalue weighted by molar-refractivity contribution is 6.35. The Bertz CT molecular complexity index is 2380. The van der Waals surface area contributed by atoms with E-state index in [2.05, 4.69) is 20.3 Å². The smallest absolute Gasteiger partial charge is 0.416 e. The van der Waals surface area contributed by atoms with Gasteiger partial charge in [0.15, 0.2) is 10.3 Å². The Hall–Kier alpha value is -5.47. The zero-order valence-electron chi connectivity index (χ0n) is 26.4. The molecule has 0 saturated heterocycles. The Labute approximate surface area is 295 Å². The molecular weight excluding hydrogens is 721 g/mol. The molecule has 262 valence electrons. The lowest BCUT2D eigenvalue weighted by atomic mass is 10.1. The molecule has 0 spiro atoms. The number of nitrogen functional groups attached to an aromatic ring is 1. The van der Waals surface area contributed by atoms with E-state index in [9.17, 15) is 26.3 Å². The highest BCUT2D eigenvalue weighted by Crippen LogP contribution is 2.39. The first kappa shape index (κ1) is 35.4. The Morgan fingerprint density at radius 1 is 0.686 bits per heavy atom.